The topological polar surface area (TPSA) is 67.4 Å². The Balaban J connectivity index is 1.90. The van der Waals surface area contributed by atoms with E-state index in [0.717, 1.165) is 17.7 Å². The molecule has 0 saturated heterocycles. The number of carbonyl (C=O) groups is 2. The second kappa shape index (κ2) is 5.89. The van der Waals surface area contributed by atoms with Crippen LogP contribution in [-0.2, 0) is 11.2 Å². The van der Waals surface area contributed by atoms with Crippen LogP contribution in [0.15, 0.2) is 42.5 Å². The van der Waals surface area contributed by atoms with E-state index in [1.54, 1.807) is 18.2 Å². The van der Waals surface area contributed by atoms with Gasteiger partial charge in [-0.1, -0.05) is 31.2 Å². The number of benzene rings is 2. The van der Waals surface area contributed by atoms with Crippen LogP contribution in [0.5, 0.6) is 5.75 Å². The minimum absolute atomic E-state index is 0.0805. The molecule has 0 unspecified atom stereocenters. The van der Waals surface area contributed by atoms with Crippen molar-refractivity contribution in [3.8, 4) is 5.75 Å². The summed E-state index contributed by atoms with van der Waals surface area (Å²) in [7, 11) is 0. The SMILES string of the molecule is CCc1ccccc1NC(=O)c1cccc2c1OCC(=O)N2. The molecule has 1 aliphatic heterocycles. The quantitative estimate of drug-likeness (QED) is 0.915. The third kappa shape index (κ3) is 2.65. The van der Waals surface area contributed by atoms with Gasteiger partial charge in [-0.05, 0) is 30.2 Å². The highest BCUT2D eigenvalue weighted by atomic mass is 16.5. The van der Waals surface area contributed by atoms with Gasteiger partial charge in [0, 0.05) is 5.69 Å². The number of hydrogen-bond acceptors (Lipinski definition) is 3. The maximum Gasteiger partial charge on any atom is 0.262 e. The van der Waals surface area contributed by atoms with Crippen molar-refractivity contribution in [3.05, 3.63) is 53.6 Å². The summed E-state index contributed by atoms with van der Waals surface area (Å²) < 4.78 is 5.41. The Hall–Kier alpha value is -2.82. The van der Waals surface area contributed by atoms with Gasteiger partial charge in [-0.15, -0.1) is 0 Å². The minimum atomic E-state index is -0.256. The smallest absolute Gasteiger partial charge is 0.262 e. The molecule has 0 atom stereocenters. The third-order valence-corrected chi connectivity index (χ3v) is 3.53. The second-order valence-electron chi connectivity index (χ2n) is 4.98. The molecule has 1 heterocycles. The van der Waals surface area contributed by atoms with E-state index in [1.165, 1.54) is 0 Å². The van der Waals surface area contributed by atoms with Crippen LogP contribution in [0.25, 0.3) is 0 Å². The first-order valence-corrected chi connectivity index (χ1v) is 7.14. The van der Waals surface area contributed by atoms with Crippen LogP contribution in [0.2, 0.25) is 0 Å². The first-order chi connectivity index (χ1) is 10.7. The number of amides is 2. The lowest BCUT2D eigenvalue weighted by Gasteiger charge is -2.20. The fourth-order valence-corrected chi connectivity index (χ4v) is 2.43. The summed E-state index contributed by atoms with van der Waals surface area (Å²) in [5, 5.41) is 5.61. The molecule has 0 aromatic heterocycles. The van der Waals surface area contributed by atoms with Crippen molar-refractivity contribution in [3.63, 3.8) is 0 Å². The zero-order chi connectivity index (χ0) is 15.5. The van der Waals surface area contributed by atoms with Gasteiger partial charge in [0.05, 0.1) is 11.3 Å². The van der Waals surface area contributed by atoms with Gasteiger partial charge in [-0.25, -0.2) is 0 Å². The Morgan fingerprint density at radius 1 is 1.23 bits per heavy atom. The first-order valence-electron chi connectivity index (χ1n) is 7.14. The number of anilines is 2. The summed E-state index contributed by atoms with van der Waals surface area (Å²) in [6, 6.07) is 12.8. The molecule has 22 heavy (non-hydrogen) atoms. The molecule has 112 valence electrons. The summed E-state index contributed by atoms with van der Waals surface area (Å²) in [5.74, 6) is -0.0659. The van der Waals surface area contributed by atoms with Crippen molar-refractivity contribution in [2.75, 3.05) is 17.2 Å². The number of nitrogens with one attached hydrogen (secondary N) is 2. The van der Waals surface area contributed by atoms with E-state index < -0.39 is 0 Å². The molecule has 0 bridgehead atoms. The van der Waals surface area contributed by atoms with Gasteiger partial charge >= 0.3 is 0 Å². The van der Waals surface area contributed by atoms with E-state index >= 15 is 0 Å². The van der Waals surface area contributed by atoms with E-state index in [9.17, 15) is 9.59 Å². The molecule has 2 aromatic rings. The lowest BCUT2D eigenvalue weighted by molar-refractivity contribution is -0.118. The highest BCUT2D eigenvalue weighted by Gasteiger charge is 2.22. The maximum absolute atomic E-state index is 12.5. The molecular weight excluding hydrogens is 280 g/mol. The average molecular weight is 296 g/mol. The first kappa shape index (κ1) is 14.1. The highest BCUT2D eigenvalue weighted by molar-refractivity contribution is 6.09. The number of fused-ring (bicyclic) bond motifs is 1. The van der Waals surface area contributed by atoms with E-state index in [1.807, 2.05) is 31.2 Å². The van der Waals surface area contributed by atoms with E-state index in [-0.39, 0.29) is 18.4 Å². The Labute approximate surface area is 128 Å². The van der Waals surface area contributed by atoms with Gasteiger partial charge in [0.15, 0.2) is 12.4 Å². The Kier molecular flexibility index (Phi) is 3.78. The number of aryl methyl sites for hydroxylation is 1. The van der Waals surface area contributed by atoms with Gasteiger partial charge in [-0.3, -0.25) is 9.59 Å². The largest absolute Gasteiger partial charge is 0.481 e. The van der Waals surface area contributed by atoms with Gasteiger partial charge in [0.25, 0.3) is 11.8 Å². The second-order valence-corrected chi connectivity index (χ2v) is 4.98. The lowest BCUT2D eigenvalue weighted by Crippen LogP contribution is -2.27. The minimum Gasteiger partial charge on any atom is -0.481 e. The molecule has 2 aromatic carbocycles. The summed E-state index contributed by atoms with van der Waals surface area (Å²) in [5.41, 5.74) is 2.78. The van der Waals surface area contributed by atoms with Crippen molar-refractivity contribution in [2.45, 2.75) is 13.3 Å². The predicted molar refractivity (Wildman–Crippen MR) is 84.3 cm³/mol. The van der Waals surface area contributed by atoms with Crippen LogP contribution >= 0.6 is 0 Å². The van der Waals surface area contributed by atoms with Crippen LogP contribution in [0.3, 0.4) is 0 Å². The molecule has 3 rings (SSSR count). The molecule has 1 aliphatic rings. The van der Waals surface area contributed by atoms with Crippen molar-refractivity contribution >= 4 is 23.2 Å². The lowest BCUT2D eigenvalue weighted by atomic mass is 10.1. The van der Waals surface area contributed by atoms with Crippen LogP contribution in [0.1, 0.15) is 22.8 Å². The fraction of sp³-hybridized carbons (Fsp3) is 0.176. The van der Waals surface area contributed by atoms with Crippen LogP contribution < -0.4 is 15.4 Å². The summed E-state index contributed by atoms with van der Waals surface area (Å²) in [6.07, 6.45) is 0.829. The summed E-state index contributed by atoms with van der Waals surface area (Å²) in [4.78, 5) is 23.9. The molecular formula is C17H16N2O3. The average Bonchev–Trinajstić information content (AvgIpc) is 2.54. The molecule has 0 fully saturated rings. The summed E-state index contributed by atoms with van der Waals surface area (Å²) in [6.45, 7) is 1.96. The molecule has 5 heteroatoms. The number of rotatable bonds is 3. The standard InChI is InChI=1S/C17H16N2O3/c1-2-11-6-3-4-8-13(11)19-17(21)12-7-5-9-14-16(12)22-10-15(20)18-14/h3-9H,2,10H2,1H3,(H,18,20)(H,19,21). The molecule has 5 nitrogen and oxygen atoms in total. The third-order valence-electron chi connectivity index (χ3n) is 3.53. The van der Waals surface area contributed by atoms with Crippen molar-refractivity contribution in [1.29, 1.82) is 0 Å². The fourth-order valence-electron chi connectivity index (χ4n) is 2.43. The van der Waals surface area contributed by atoms with E-state index in [4.69, 9.17) is 4.74 Å². The van der Waals surface area contributed by atoms with E-state index in [0.29, 0.717) is 17.0 Å². The van der Waals surface area contributed by atoms with Crippen LogP contribution in [0.4, 0.5) is 11.4 Å². The molecule has 2 N–H and O–H groups in total. The molecule has 0 radical (unpaired) electrons. The molecule has 2 amide bonds. The highest BCUT2D eigenvalue weighted by Crippen LogP contribution is 2.32. The normalized spacial score (nSPS) is 12.9. The number of ether oxygens (including phenoxy) is 1. The number of hydrogen-bond donors (Lipinski definition) is 2. The van der Waals surface area contributed by atoms with Crippen molar-refractivity contribution in [2.24, 2.45) is 0 Å². The van der Waals surface area contributed by atoms with Crippen molar-refractivity contribution in [1.82, 2.24) is 0 Å². The molecule has 0 saturated carbocycles. The zero-order valence-electron chi connectivity index (χ0n) is 12.2. The van der Waals surface area contributed by atoms with Crippen molar-refractivity contribution < 1.29 is 14.3 Å². The predicted octanol–water partition coefficient (Wildman–Crippen LogP) is 2.83. The number of carbonyl (C=O) groups excluding carboxylic acids is 2. The van der Waals surface area contributed by atoms with Gasteiger partial charge in [0.2, 0.25) is 0 Å². The monoisotopic (exact) mass is 296 g/mol. The van der Waals surface area contributed by atoms with Crippen LogP contribution in [-0.4, -0.2) is 18.4 Å². The maximum atomic E-state index is 12.5. The molecule has 0 aliphatic carbocycles. The van der Waals surface area contributed by atoms with E-state index in [2.05, 4.69) is 10.6 Å². The van der Waals surface area contributed by atoms with Gasteiger partial charge < -0.3 is 15.4 Å². The van der Waals surface area contributed by atoms with Crippen LogP contribution in [0, 0.1) is 0 Å². The zero-order valence-corrected chi connectivity index (χ0v) is 12.2. The van der Waals surface area contributed by atoms with Gasteiger partial charge in [-0.2, -0.15) is 0 Å². The number of para-hydroxylation sites is 2. The molecule has 0 spiro atoms. The Morgan fingerprint density at radius 2 is 2.05 bits per heavy atom. The Bertz CT molecular complexity index is 740. The summed E-state index contributed by atoms with van der Waals surface area (Å²) >= 11 is 0. The van der Waals surface area contributed by atoms with Gasteiger partial charge in [0.1, 0.15) is 0 Å². The Morgan fingerprint density at radius 3 is 2.86 bits per heavy atom.